The maximum absolute atomic E-state index is 12.5. The maximum atomic E-state index is 12.5. The van der Waals surface area contributed by atoms with Crippen LogP contribution in [-0.2, 0) is 4.79 Å². The van der Waals surface area contributed by atoms with Crippen LogP contribution in [0.25, 0.3) is 0 Å². The molecule has 0 spiro atoms. The Morgan fingerprint density at radius 1 is 1.22 bits per heavy atom. The molecular weight excluding hydrogens is 226 g/mol. The van der Waals surface area contributed by atoms with E-state index in [1.165, 1.54) is 19.3 Å². The zero-order valence-electron chi connectivity index (χ0n) is 11.0. The minimum Gasteiger partial charge on any atom is -0.337 e. The van der Waals surface area contributed by atoms with E-state index in [4.69, 9.17) is 5.26 Å². The van der Waals surface area contributed by atoms with Gasteiger partial charge in [-0.25, -0.2) is 0 Å². The molecular formula is C14H23N3O. The predicted octanol–water partition coefficient (Wildman–Crippen LogP) is 1.81. The van der Waals surface area contributed by atoms with Gasteiger partial charge in [-0.3, -0.25) is 4.79 Å². The van der Waals surface area contributed by atoms with E-state index >= 15 is 0 Å². The number of amides is 1. The second-order valence-corrected chi connectivity index (χ2v) is 5.38. The van der Waals surface area contributed by atoms with Crippen LogP contribution in [0, 0.1) is 11.3 Å². The van der Waals surface area contributed by atoms with Crippen molar-refractivity contribution < 1.29 is 4.79 Å². The van der Waals surface area contributed by atoms with Gasteiger partial charge in [0, 0.05) is 12.6 Å². The summed E-state index contributed by atoms with van der Waals surface area (Å²) >= 11 is 0. The van der Waals surface area contributed by atoms with E-state index in [2.05, 4.69) is 11.4 Å². The summed E-state index contributed by atoms with van der Waals surface area (Å²) < 4.78 is 0. The lowest BCUT2D eigenvalue weighted by atomic mass is 10.0. The van der Waals surface area contributed by atoms with Crippen LogP contribution in [0.4, 0.5) is 0 Å². The van der Waals surface area contributed by atoms with Crippen molar-refractivity contribution in [2.75, 3.05) is 13.1 Å². The summed E-state index contributed by atoms with van der Waals surface area (Å²) in [4.78, 5) is 14.5. The van der Waals surface area contributed by atoms with Crippen molar-refractivity contribution in [1.82, 2.24) is 10.2 Å². The fourth-order valence-corrected chi connectivity index (χ4v) is 2.65. The van der Waals surface area contributed by atoms with E-state index in [1.54, 1.807) is 0 Å². The topological polar surface area (TPSA) is 56.1 Å². The number of nitrogens with one attached hydrogen (secondary N) is 1. The molecule has 1 heterocycles. The third-order valence-electron chi connectivity index (χ3n) is 3.84. The normalized spacial score (nSPS) is 24.7. The molecule has 0 aromatic carbocycles. The first-order chi connectivity index (χ1) is 8.83. The van der Waals surface area contributed by atoms with Crippen molar-refractivity contribution in [2.24, 2.45) is 0 Å². The molecule has 2 fully saturated rings. The molecule has 1 saturated carbocycles. The fourth-order valence-electron chi connectivity index (χ4n) is 2.65. The van der Waals surface area contributed by atoms with Crippen molar-refractivity contribution in [3.63, 3.8) is 0 Å². The number of nitriles is 1. The highest BCUT2D eigenvalue weighted by Crippen LogP contribution is 2.28. The Kier molecular flexibility index (Phi) is 5.00. The standard InChI is InChI=1S/C14H23N3O/c15-9-5-11-17(12-7-8-12)14(18)13-6-3-1-2-4-10-16-13/h12-13,16H,1-8,10-11H2. The molecule has 1 aliphatic carbocycles. The van der Waals surface area contributed by atoms with Crippen molar-refractivity contribution in [2.45, 2.75) is 63.5 Å². The second-order valence-electron chi connectivity index (χ2n) is 5.38. The van der Waals surface area contributed by atoms with E-state index in [0.29, 0.717) is 19.0 Å². The molecule has 0 aromatic heterocycles. The summed E-state index contributed by atoms with van der Waals surface area (Å²) in [6, 6.07) is 2.55. The zero-order valence-corrected chi connectivity index (χ0v) is 11.0. The SMILES string of the molecule is N#CCCN(C(=O)C1CCCCCCN1)C1CC1. The van der Waals surface area contributed by atoms with Crippen molar-refractivity contribution in [3.8, 4) is 6.07 Å². The Balaban J connectivity index is 1.91. The van der Waals surface area contributed by atoms with Gasteiger partial charge in [-0.15, -0.1) is 0 Å². The fraction of sp³-hybridized carbons (Fsp3) is 0.857. The van der Waals surface area contributed by atoms with Gasteiger partial charge in [0.15, 0.2) is 0 Å². The van der Waals surface area contributed by atoms with Crippen LogP contribution in [-0.4, -0.2) is 36.0 Å². The van der Waals surface area contributed by atoms with Crippen LogP contribution in [0.1, 0.15) is 51.4 Å². The molecule has 1 N–H and O–H groups in total. The van der Waals surface area contributed by atoms with Gasteiger partial charge in [0.25, 0.3) is 0 Å². The van der Waals surface area contributed by atoms with Crippen LogP contribution in [0.15, 0.2) is 0 Å². The van der Waals surface area contributed by atoms with Gasteiger partial charge in [0.05, 0.1) is 18.5 Å². The van der Waals surface area contributed by atoms with Crippen LogP contribution in [0.3, 0.4) is 0 Å². The molecule has 18 heavy (non-hydrogen) atoms. The van der Waals surface area contributed by atoms with Gasteiger partial charge in [-0.2, -0.15) is 5.26 Å². The molecule has 0 aromatic rings. The van der Waals surface area contributed by atoms with Gasteiger partial charge >= 0.3 is 0 Å². The van der Waals surface area contributed by atoms with E-state index in [1.807, 2.05) is 4.90 Å². The van der Waals surface area contributed by atoms with E-state index < -0.39 is 0 Å². The minimum atomic E-state index is -0.00964. The Hall–Kier alpha value is -1.08. The molecule has 4 heteroatoms. The lowest BCUT2D eigenvalue weighted by molar-refractivity contribution is -0.134. The van der Waals surface area contributed by atoms with E-state index in [9.17, 15) is 4.79 Å². The third kappa shape index (κ3) is 3.71. The lowest BCUT2D eigenvalue weighted by Crippen LogP contribution is -2.48. The summed E-state index contributed by atoms with van der Waals surface area (Å²) in [5.74, 6) is 0.231. The number of carbonyl (C=O) groups is 1. The van der Waals surface area contributed by atoms with Crippen molar-refractivity contribution in [3.05, 3.63) is 0 Å². The average Bonchev–Trinajstić information content (AvgIpc) is 3.13. The molecule has 0 radical (unpaired) electrons. The van der Waals surface area contributed by atoms with E-state index in [-0.39, 0.29) is 11.9 Å². The van der Waals surface area contributed by atoms with Crippen LogP contribution >= 0.6 is 0 Å². The first-order valence-electron chi connectivity index (χ1n) is 7.23. The highest BCUT2D eigenvalue weighted by molar-refractivity contribution is 5.82. The second kappa shape index (κ2) is 6.75. The highest BCUT2D eigenvalue weighted by Gasteiger charge is 2.35. The predicted molar refractivity (Wildman–Crippen MR) is 69.8 cm³/mol. The largest absolute Gasteiger partial charge is 0.337 e. The van der Waals surface area contributed by atoms with Crippen molar-refractivity contribution >= 4 is 5.91 Å². The van der Waals surface area contributed by atoms with Gasteiger partial charge in [0.1, 0.15) is 0 Å². The summed E-state index contributed by atoms with van der Waals surface area (Å²) in [5, 5.41) is 12.1. The van der Waals surface area contributed by atoms with Gasteiger partial charge in [0.2, 0.25) is 5.91 Å². The summed E-state index contributed by atoms with van der Waals surface area (Å²) in [6.45, 7) is 1.56. The molecule has 1 saturated heterocycles. The average molecular weight is 249 g/mol. The molecule has 1 atom stereocenters. The molecule has 2 rings (SSSR count). The third-order valence-corrected chi connectivity index (χ3v) is 3.84. The highest BCUT2D eigenvalue weighted by atomic mass is 16.2. The Labute approximate surface area is 109 Å². The van der Waals surface area contributed by atoms with Crippen LogP contribution < -0.4 is 5.32 Å². The molecule has 0 bridgehead atoms. The zero-order chi connectivity index (χ0) is 12.8. The quantitative estimate of drug-likeness (QED) is 0.826. The van der Waals surface area contributed by atoms with Crippen LogP contribution in [0.5, 0.6) is 0 Å². The Bertz CT molecular complexity index is 311. The monoisotopic (exact) mass is 249 g/mol. The van der Waals surface area contributed by atoms with Crippen molar-refractivity contribution in [1.29, 1.82) is 5.26 Å². The number of carbonyl (C=O) groups excluding carboxylic acids is 1. The van der Waals surface area contributed by atoms with Gasteiger partial charge < -0.3 is 10.2 Å². The maximum Gasteiger partial charge on any atom is 0.239 e. The Morgan fingerprint density at radius 2 is 2.00 bits per heavy atom. The first kappa shape index (κ1) is 13.4. The molecule has 1 unspecified atom stereocenters. The molecule has 100 valence electrons. The smallest absolute Gasteiger partial charge is 0.239 e. The summed E-state index contributed by atoms with van der Waals surface area (Å²) in [5.41, 5.74) is 0. The number of nitrogens with zero attached hydrogens (tertiary/aromatic N) is 2. The number of hydrogen-bond donors (Lipinski definition) is 1. The molecule has 1 aliphatic heterocycles. The number of rotatable bonds is 4. The Morgan fingerprint density at radius 3 is 2.72 bits per heavy atom. The number of hydrogen-bond acceptors (Lipinski definition) is 3. The molecule has 4 nitrogen and oxygen atoms in total. The summed E-state index contributed by atoms with van der Waals surface area (Å²) in [6.07, 6.45) is 8.46. The van der Waals surface area contributed by atoms with Crippen LogP contribution in [0.2, 0.25) is 0 Å². The minimum absolute atomic E-state index is 0.00964. The summed E-state index contributed by atoms with van der Waals surface area (Å²) in [7, 11) is 0. The van der Waals surface area contributed by atoms with Gasteiger partial charge in [-0.05, 0) is 32.2 Å². The van der Waals surface area contributed by atoms with Gasteiger partial charge in [-0.1, -0.05) is 19.3 Å². The first-order valence-corrected chi connectivity index (χ1v) is 7.23. The lowest BCUT2D eigenvalue weighted by Gasteiger charge is -2.28. The molecule has 2 aliphatic rings. The van der Waals surface area contributed by atoms with E-state index in [0.717, 1.165) is 32.2 Å². The molecule has 1 amide bonds.